The van der Waals surface area contributed by atoms with Gasteiger partial charge in [-0.2, -0.15) is 5.10 Å². The number of amides is 1. The largest absolute Gasteiger partial charge is 0.484 e. The van der Waals surface area contributed by atoms with E-state index in [2.05, 4.69) is 10.5 Å². The van der Waals surface area contributed by atoms with Crippen molar-refractivity contribution in [2.75, 3.05) is 25.1 Å². The second-order valence-electron chi connectivity index (χ2n) is 5.69. The topological polar surface area (TPSA) is 53.9 Å². The maximum absolute atomic E-state index is 12.0. The molecule has 0 unspecified atom stereocenters. The van der Waals surface area contributed by atoms with E-state index < -0.39 is 0 Å². The van der Waals surface area contributed by atoms with Crippen molar-refractivity contribution >= 4 is 28.9 Å². The molecule has 2 aromatic carbocycles. The Balaban J connectivity index is 1.92. The summed E-state index contributed by atoms with van der Waals surface area (Å²) in [6.07, 6.45) is 0. The van der Waals surface area contributed by atoms with Crippen LogP contribution >= 0.6 is 11.6 Å². The van der Waals surface area contributed by atoms with Crippen LogP contribution in [0.5, 0.6) is 5.75 Å². The van der Waals surface area contributed by atoms with Crippen molar-refractivity contribution in [2.45, 2.75) is 20.8 Å². The van der Waals surface area contributed by atoms with Gasteiger partial charge >= 0.3 is 0 Å². The van der Waals surface area contributed by atoms with Crippen LogP contribution in [-0.4, -0.2) is 36.2 Å². The minimum absolute atomic E-state index is 0.0102. The Kier molecular flexibility index (Phi) is 7.48. The highest BCUT2D eigenvalue weighted by molar-refractivity contribution is 6.30. The normalized spacial score (nSPS) is 11.2. The van der Waals surface area contributed by atoms with Gasteiger partial charge in [0.1, 0.15) is 5.75 Å². The van der Waals surface area contributed by atoms with Gasteiger partial charge in [0, 0.05) is 18.1 Å². The molecule has 0 aliphatic rings. The SMILES string of the molecule is CCN(CC)C(=O)COc1ccc(/C(C)=N\Nc2ccc(Cl)cc2)cc1. The molecule has 0 aromatic heterocycles. The third-order valence-corrected chi connectivity index (χ3v) is 4.20. The van der Waals surface area contributed by atoms with Gasteiger partial charge in [0.2, 0.25) is 0 Å². The van der Waals surface area contributed by atoms with Crippen molar-refractivity contribution in [3.63, 3.8) is 0 Å². The molecule has 26 heavy (non-hydrogen) atoms. The van der Waals surface area contributed by atoms with Gasteiger partial charge in [-0.15, -0.1) is 0 Å². The number of nitrogens with one attached hydrogen (secondary N) is 1. The second kappa shape index (κ2) is 9.82. The van der Waals surface area contributed by atoms with Crippen molar-refractivity contribution in [1.29, 1.82) is 0 Å². The minimum atomic E-state index is -0.0102. The lowest BCUT2D eigenvalue weighted by Crippen LogP contribution is -2.34. The molecule has 2 aromatic rings. The Bertz CT molecular complexity index is 739. The highest BCUT2D eigenvalue weighted by Gasteiger charge is 2.10. The Morgan fingerprint density at radius 1 is 1.08 bits per heavy atom. The quantitative estimate of drug-likeness (QED) is 0.550. The lowest BCUT2D eigenvalue weighted by molar-refractivity contribution is -0.132. The number of benzene rings is 2. The first kappa shape index (κ1) is 19.8. The molecule has 1 amide bonds. The fraction of sp³-hybridized carbons (Fsp3) is 0.300. The summed E-state index contributed by atoms with van der Waals surface area (Å²) in [5.74, 6) is 0.650. The highest BCUT2D eigenvalue weighted by Crippen LogP contribution is 2.15. The van der Waals surface area contributed by atoms with E-state index in [1.54, 1.807) is 17.0 Å². The summed E-state index contributed by atoms with van der Waals surface area (Å²) in [6.45, 7) is 7.25. The monoisotopic (exact) mass is 373 g/mol. The first-order valence-corrected chi connectivity index (χ1v) is 8.98. The lowest BCUT2D eigenvalue weighted by Gasteiger charge is -2.18. The second-order valence-corrected chi connectivity index (χ2v) is 6.13. The predicted octanol–water partition coefficient (Wildman–Crippen LogP) is 4.42. The Labute approximate surface area is 159 Å². The summed E-state index contributed by atoms with van der Waals surface area (Å²) >= 11 is 5.86. The maximum Gasteiger partial charge on any atom is 0.260 e. The van der Waals surface area contributed by atoms with Gasteiger partial charge in [0.25, 0.3) is 5.91 Å². The van der Waals surface area contributed by atoms with Gasteiger partial charge < -0.3 is 9.64 Å². The zero-order valence-electron chi connectivity index (χ0n) is 15.3. The van der Waals surface area contributed by atoms with Crippen LogP contribution in [0.1, 0.15) is 26.3 Å². The first-order valence-electron chi connectivity index (χ1n) is 8.60. The lowest BCUT2D eigenvalue weighted by atomic mass is 10.1. The molecule has 138 valence electrons. The number of hydrogen-bond acceptors (Lipinski definition) is 4. The van der Waals surface area contributed by atoms with Gasteiger partial charge in [-0.25, -0.2) is 0 Å². The van der Waals surface area contributed by atoms with E-state index >= 15 is 0 Å². The first-order chi connectivity index (χ1) is 12.5. The van der Waals surface area contributed by atoms with Gasteiger partial charge in [0.15, 0.2) is 6.61 Å². The van der Waals surface area contributed by atoms with E-state index in [-0.39, 0.29) is 12.5 Å². The molecule has 0 aliphatic heterocycles. The number of nitrogens with zero attached hydrogens (tertiary/aromatic N) is 2. The Morgan fingerprint density at radius 2 is 1.69 bits per heavy atom. The van der Waals surface area contributed by atoms with Crippen LogP contribution in [0.15, 0.2) is 53.6 Å². The molecular formula is C20H24ClN3O2. The van der Waals surface area contributed by atoms with Crippen LogP contribution in [0, 0.1) is 0 Å². The van der Waals surface area contributed by atoms with Crippen LogP contribution in [0.25, 0.3) is 0 Å². The molecule has 0 fully saturated rings. The zero-order chi connectivity index (χ0) is 18.9. The average Bonchev–Trinajstić information content (AvgIpc) is 2.67. The van der Waals surface area contributed by atoms with Crippen molar-refractivity contribution in [2.24, 2.45) is 5.10 Å². The van der Waals surface area contributed by atoms with E-state index in [1.807, 2.05) is 57.2 Å². The molecule has 0 saturated carbocycles. The van der Waals surface area contributed by atoms with Crippen molar-refractivity contribution in [3.05, 3.63) is 59.1 Å². The van der Waals surface area contributed by atoms with Gasteiger partial charge in [-0.3, -0.25) is 10.2 Å². The van der Waals surface area contributed by atoms with Crippen molar-refractivity contribution in [3.8, 4) is 5.75 Å². The van der Waals surface area contributed by atoms with Gasteiger partial charge in [0.05, 0.1) is 11.4 Å². The summed E-state index contributed by atoms with van der Waals surface area (Å²) in [4.78, 5) is 13.7. The molecule has 0 bridgehead atoms. The third kappa shape index (κ3) is 5.77. The van der Waals surface area contributed by atoms with Gasteiger partial charge in [-0.05, 0) is 74.9 Å². The van der Waals surface area contributed by atoms with E-state index in [1.165, 1.54) is 0 Å². The Morgan fingerprint density at radius 3 is 2.27 bits per heavy atom. The zero-order valence-corrected chi connectivity index (χ0v) is 16.1. The number of hydrogen-bond donors (Lipinski definition) is 1. The molecule has 0 saturated heterocycles. The molecular weight excluding hydrogens is 350 g/mol. The smallest absolute Gasteiger partial charge is 0.260 e. The number of likely N-dealkylation sites (N-methyl/N-ethyl adjacent to an activating group) is 1. The van der Waals surface area contributed by atoms with Crippen molar-refractivity contribution < 1.29 is 9.53 Å². The summed E-state index contributed by atoms with van der Waals surface area (Å²) in [5.41, 5.74) is 5.67. The number of carbonyl (C=O) groups is 1. The molecule has 0 radical (unpaired) electrons. The number of halogens is 1. The standard InChI is InChI=1S/C20H24ClN3O2/c1-4-24(5-2)20(25)14-26-19-12-6-16(7-13-19)15(3)22-23-18-10-8-17(21)9-11-18/h6-13,23H,4-5,14H2,1-3H3/b22-15-. The number of ether oxygens (including phenoxy) is 1. The summed E-state index contributed by atoms with van der Waals surface area (Å²) in [7, 11) is 0. The predicted molar refractivity (Wildman–Crippen MR) is 107 cm³/mol. The summed E-state index contributed by atoms with van der Waals surface area (Å²) in [5, 5.41) is 5.05. The third-order valence-electron chi connectivity index (χ3n) is 3.95. The van der Waals surface area contributed by atoms with E-state index in [4.69, 9.17) is 16.3 Å². The summed E-state index contributed by atoms with van der Waals surface area (Å²) in [6, 6.07) is 14.9. The fourth-order valence-electron chi connectivity index (χ4n) is 2.34. The van der Waals surface area contributed by atoms with Crippen molar-refractivity contribution in [1.82, 2.24) is 4.90 Å². The Hall–Kier alpha value is -2.53. The molecule has 6 heteroatoms. The molecule has 1 N–H and O–H groups in total. The molecule has 0 heterocycles. The minimum Gasteiger partial charge on any atom is -0.484 e. The van der Waals surface area contributed by atoms with Crippen LogP contribution in [-0.2, 0) is 4.79 Å². The number of hydrazone groups is 1. The maximum atomic E-state index is 12.0. The van der Waals surface area contributed by atoms with E-state index in [9.17, 15) is 4.79 Å². The molecule has 2 rings (SSSR count). The van der Waals surface area contributed by atoms with Crippen LogP contribution in [0.3, 0.4) is 0 Å². The van der Waals surface area contributed by atoms with Crippen LogP contribution in [0.2, 0.25) is 5.02 Å². The number of carbonyl (C=O) groups excluding carboxylic acids is 1. The molecule has 5 nitrogen and oxygen atoms in total. The highest BCUT2D eigenvalue weighted by atomic mass is 35.5. The van der Waals surface area contributed by atoms with E-state index in [0.29, 0.717) is 23.9 Å². The summed E-state index contributed by atoms with van der Waals surface area (Å²) < 4.78 is 5.57. The fourth-order valence-corrected chi connectivity index (χ4v) is 2.47. The average molecular weight is 374 g/mol. The number of anilines is 1. The van der Waals surface area contributed by atoms with Crippen LogP contribution < -0.4 is 10.2 Å². The van der Waals surface area contributed by atoms with E-state index in [0.717, 1.165) is 17.0 Å². The van der Waals surface area contributed by atoms with Gasteiger partial charge in [-0.1, -0.05) is 11.6 Å². The molecule has 0 atom stereocenters. The number of rotatable bonds is 8. The molecule has 0 spiro atoms. The van der Waals surface area contributed by atoms with Crippen LogP contribution in [0.4, 0.5) is 5.69 Å². The molecule has 0 aliphatic carbocycles.